The number of nitro groups is 1. The summed E-state index contributed by atoms with van der Waals surface area (Å²) in [4.78, 5) is 13.0. The van der Waals surface area contributed by atoms with E-state index in [1.165, 1.54) is 18.3 Å². The zero-order valence-electron chi connectivity index (χ0n) is 14.0. The van der Waals surface area contributed by atoms with Gasteiger partial charge >= 0.3 is 0 Å². The highest BCUT2D eigenvalue weighted by Crippen LogP contribution is 2.37. The zero-order valence-corrected chi connectivity index (χ0v) is 14.8. The van der Waals surface area contributed by atoms with Crippen LogP contribution in [-0.2, 0) is 4.74 Å². The third-order valence-corrected chi connectivity index (χ3v) is 4.14. The molecule has 140 valence electrons. The second-order valence-electron chi connectivity index (χ2n) is 5.60. The van der Waals surface area contributed by atoms with Crippen molar-refractivity contribution < 1.29 is 19.1 Å². The van der Waals surface area contributed by atoms with Crippen molar-refractivity contribution in [2.75, 3.05) is 46.2 Å². The van der Waals surface area contributed by atoms with Gasteiger partial charge in [-0.25, -0.2) is 0 Å². The maximum atomic E-state index is 11.2. The quantitative estimate of drug-likeness (QED) is 0.314. The molecule has 2 heterocycles. The van der Waals surface area contributed by atoms with Gasteiger partial charge in [0.2, 0.25) is 6.79 Å². The Morgan fingerprint density at radius 2 is 2.08 bits per heavy atom. The molecule has 0 bridgehead atoms. The van der Waals surface area contributed by atoms with Gasteiger partial charge in [0.1, 0.15) is 0 Å². The lowest BCUT2D eigenvalue weighted by Crippen LogP contribution is -2.42. The molecule has 10 nitrogen and oxygen atoms in total. The number of morpholine rings is 1. The molecule has 3 rings (SSSR count). The average molecular weight is 381 g/mol. The number of fused-ring (bicyclic) bond motifs is 1. The molecule has 1 aromatic carbocycles. The van der Waals surface area contributed by atoms with Gasteiger partial charge in [-0.1, -0.05) is 0 Å². The summed E-state index contributed by atoms with van der Waals surface area (Å²) in [5, 5.41) is 18.5. The summed E-state index contributed by atoms with van der Waals surface area (Å²) < 4.78 is 15.7. The van der Waals surface area contributed by atoms with Crippen LogP contribution in [0.1, 0.15) is 5.56 Å². The minimum absolute atomic E-state index is 0.0441. The number of nitrogens with one attached hydrogen (secondary N) is 2. The summed E-state index contributed by atoms with van der Waals surface area (Å²) in [5.41, 5.74) is 2.83. The maximum absolute atomic E-state index is 11.2. The van der Waals surface area contributed by atoms with Gasteiger partial charge in [-0.3, -0.25) is 20.4 Å². The minimum Gasteiger partial charge on any atom is -0.454 e. The first-order valence-corrected chi connectivity index (χ1v) is 8.49. The molecule has 0 radical (unpaired) electrons. The van der Waals surface area contributed by atoms with E-state index < -0.39 is 4.92 Å². The molecule has 0 saturated carbocycles. The van der Waals surface area contributed by atoms with Crippen molar-refractivity contribution in [2.45, 2.75) is 0 Å². The van der Waals surface area contributed by atoms with E-state index in [2.05, 4.69) is 20.7 Å². The molecule has 0 unspecified atom stereocenters. The Hall–Kier alpha value is -2.50. The van der Waals surface area contributed by atoms with E-state index in [0.717, 1.165) is 32.8 Å². The normalized spacial score (nSPS) is 16.6. The highest BCUT2D eigenvalue weighted by molar-refractivity contribution is 7.80. The number of rotatable bonds is 6. The molecule has 1 fully saturated rings. The molecule has 11 heteroatoms. The average Bonchev–Trinajstić information content (AvgIpc) is 3.09. The smallest absolute Gasteiger partial charge is 0.282 e. The molecule has 0 spiro atoms. The van der Waals surface area contributed by atoms with Crippen LogP contribution in [0.2, 0.25) is 0 Å². The van der Waals surface area contributed by atoms with Crippen molar-refractivity contribution >= 4 is 29.2 Å². The number of thiocarbonyl (C=S) groups is 1. The van der Waals surface area contributed by atoms with Crippen LogP contribution in [0, 0.1) is 10.1 Å². The molecular formula is C15H19N5O5S. The predicted octanol–water partition coefficient (Wildman–Crippen LogP) is 0.454. The Balaban J connectivity index is 1.50. The van der Waals surface area contributed by atoms with Crippen LogP contribution < -0.4 is 20.2 Å². The molecule has 2 N–H and O–H groups in total. The van der Waals surface area contributed by atoms with E-state index >= 15 is 0 Å². The number of nitrogens with zero attached hydrogens (tertiary/aromatic N) is 3. The van der Waals surface area contributed by atoms with Crippen molar-refractivity contribution in [2.24, 2.45) is 5.10 Å². The second kappa shape index (κ2) is 8.74. The molecule has 0 aliphatic carbocycles. The van der Waals surface area contributed by atoms with Crippen molar-refractivity contribution in [1.82, 2.24) is 15.6 Å². The fraction of sp³-hybridized carbons (Fsp3) is 0.467. The van der Waals surface area contributed by atoms with E-state index in [4.69, 9.17) is 26.4 Å². The van der Waals surface area contributed by atoms with Crippen molar-refractivity contribution in [3.05, 3.63) is 27.8 Å². The molecule has 1 aromatic rings. The van der Waals surface area contributed by atoms with Gasteiger partial charge in [0, 0.05) is 26.2 Å². The number of nitro benzene ring substituents is 1. The van der Waals surface area contributed by atoms with Crippen LogP contribution in [-0.4, -0.2) is 67.3 Å². The largest absolute Gasteiger partial charge is 0.454 e. The van der Waals surface area contributed by atoms with Gasteiger partial charge in [0.15, 0.2) is 16.6 Å². The fourth-order valence-electron chi connectivity index (χ4n) is 2.56. The highest BCUT2D eigenvalue weighted by Gasteiger charge is 2.22. The summed E-state index contributed by atoms with van der Waals surface area (Å²) in [6, 6.07) is 2.84. The lowest BCUT2D eigenvalue weighted by atomic mass is 10.1. The lowest BCUT2D eigenvalue weighted by Gasteiger charge is -2.26. The molecule has 26 heavy (non-hydrogen) atoms. The Morgan fingerprint density at radius 1 is 1.35 bits per heavy atom. The van der Waals surface area contributed by atoms with Gasteiger partial charge < -0.3 is 19.5 Å². The third kappa shape index (κ3) is 4.77. The lowest BCUT2D eigenvalue weighted by molar-refractivity contribution is -0.385. The van der Waals surface area contributed by atoms with E-state index in [9.17, 15) is 10.1 Å². The first kappa shape index (κ1) is 18.3. The van der Waals surface area contributed by atoms with E-state index in [0.29, 0.717) is 28.7 Å². The zero-order chi connectivity index (χ0) is 18.4. The summed E-state index contributed by atoms with van der Waals surface area (Å²) in [6.45, 7) is 4.89. The Morgan fingerprint density at radius 3 is 2.81 bits per heavy atom. The topological polar surface area (TPSA) is 110 Å². The third-order valence-electron chi connectivity index (χ3n) is 3.91. The van der Waals surface area contributed by atoms with Crippen LogP contribution in [0.15, 0.2) is 17.2 Å². The van der Waals surface area contributed by atoms with Crippen LogP contribution >= 0.6 is 12.2 Å². The highest BCUT2D eigenvalue weighted by atomic mass is 32.1. The van der Waals surface area contributed by atoms with E-state index in [-0.39, 0.29) is 12.5 Å². The number of benzene rings is 1. The first-order chi connectivity index (χ1) is 12.6. The maximum Gasteiger partial charge on any atom is 0.282 e. The molecular weight excluding hydrogens is 362 g/mol. The van der Waals surface area contributed by atoms with Gasteiger partial charge in [-0.05, 0) is 18.3 Å². The Kier molecular flexibility index (Phi) is 6.15. The van der Waals surface area contributed by atoms with Crippen LogP contribution in [0.25, 0.3) is 0 Å². The van der Waals surface area contributed by atoms with Crippen LogP contribution in [0.5, 0.6) is 11.5 Å². The van der Waals surface area contributed by atoms with E-state index in [1.807, 2.05) is 0 Å². The molecule has 0 atom stereocenters. The van der Waals surface area contributed by atoms with Crippen molar-refractivity contribution in [1.29, 1.82) is 0 Å². The number of ether oxygens (including phenoxy) is 3. The predicted molar refractivity (Wildman–Crippen MR) is 97.8 cm³/mol. The summed E-state index contributed by atoms with van der Waals surface area (Å²) in [5.74, 6) is 0.797. The fourth-order valence-corrected chi connectivity index (χ4v) is 2.72. The molecule has 1 saturated heterocycles. The van der Waals surface area contributed by atoms with Crippen molar-refractivity contribution in [3.63, 3.8) is 0 Å². The Labute approximate surface area is 155 Å². The van der Waals surface area contributed by atoms with Gasteiger partial charge in [0.05, 0.1) is 36.0 Å². The van der Waals surface area contributed by atoms with Gasteiger partial charge in [-0.15, -0.1) is 0 Å². The van der Waals surface area contributed by atoms with Crippen LogP contribution in [0.3, 0.4) is 0 Å². The standard InChI is InChI=1S/C15H19N5O5S/c21-20(22)12-8-14-13(24-10-25-14)7-11(12)9-17-18-15(26)16-1-2-19-3-5-23-6-4-19/h7-9H,1-6,10H2,(H2,16,18,26). The van der Waals surface area contributed by atoms with Gasteiger partial charge in [0.25, 0.3) is 5.69 Å². The molecule has 0 aromatic heterocycles. The number of hydrazone groups is 1. The molecule has 2 aliphatic rings. The van der Waals surface area contributed by atoms with Crippen LogP contribution in [0.4, 0.5) is 5.69 Å². The number of hydrogen-bond acceptors (Lipinski definition) is 8. The first-order valence-electron chi connectivity index (χ1n) is 8.08. The monoisotopic (exact) mass is 381 g/mol. The summed E-state index contributed by atoms with van der Waals surface area (Å²) >= 11 is 5.14. The Bertz CT molecular complexity index is 708. The summed E-state index contributed by atoms with van der Waals surface area (Å²) in [6.07, 6.45) is 1.33. The molecule has 0 amide bonds. The van der Waals surface area contributed by atoms with E-state index in [1.54, 1.807) is 0 Å². The second-order valence-corrected chi connectivity index (χ2v) is 6.01. The van der Waals surface area contributed by atoms with Gasteiger partial charge in [-0.2, -0.15) is 5.10 Å². The SMILES string of the molecule is O=[N+]([O-])c1cc2c(cc1C=NNC(=S)NCCN1CCOCC1)OCO2. The molecule has 2 aliphatic heterocycles. The number of hydrogen-bond donors (Lipinski definition) is 2. The van der Waals surface area contributed by atoms with Crippen molar-refractivity contribution in [3.8, 4) is 11.5 Å². The minimum atomic E-state index is -0.498. The summed E-state index contributed by atoms with van der Waals surface area (Å²) in [7, 11) is 0.